The molecule has 29 heavy (non-hydrogen) atoms. The first-order valence-electron chi connectivity index (χ1n) is 9.25. The van der Waals surface area contributed by atoms with Gasteiger partial charge in [0.15, 0.2) is 0 Å². The first-order valence-corrected chi connectivity index (χ1v) is 9.63. The predicted octanol–water partition coefficient (Wildman–Crippen LogP) is 5.83. The molecule has 0 aliphatic heterocycles. The minimum Gasteiger partial charge on any atom is -0.486 e. The van der Waals surface area contributed by atoms with E-state index >= 15 is 0 Å². The Kier molecular flexibility index (Phi) is 6.87. The summed E-state index contributed by atoms with van der Waals surface area (Å²) in [5, 5.41) is 5.16. The average molecular weight is 409 g/mol. The number of amides is 3. The molecule has 0 saturated carbocycles. The quantitative estimate of drug-likeness (QED) is 0.539. The Labute approximate surface area is 174 Å². The summed E-state index contributed by atoms with van der Waals surface area (Å²) in [6, 6.07) is 22.9. The van der Waals surface area contributed by atoms with Crippen molar-refractivity contribution in [3.8, 4) is 5.75 Å². The van der Waals surface area contributed by atoms with E-state index in [9.17, 15) is 9.59 Å². The van der Waals surface area contributed by atoms with Crippen molar-refractivity contribution in [2.45, 2.75) is 19.4 Å². The summed E-state index contributed by atoms with van der Waals surface area (Å²) in [4.78, 5) is 24.2. The molecule has 0 saturated heterocycles. The number of ether oxygens (including phenoxy) is 1. The van der Waals surface area contributed by atoms with Crippen molar-refractivity contribution >= 4 is 29.2 Å². The maximum absolute atomic E-state index is 12.1. The molecule has 1 atom stereocenters. The molecule has 3 amide bonds. The van der Waals surface area contributed by atoms with Crippen LogP contribution in [0.3, 0.4) is 0 Å². The normalized spacial score (nSPS) is 11.4. The van der Waals surface area contributed by atoms with Crippen molar-refractivity contribution in [1.82, 2.24) is 5.32 Å². The standard InChI is InChI=1S/C23H21ClN2O3/c1-2-21(16-8-4-3-5-9-16)29-18-14-12-17(13-15-18)25-23(28)26-22(27)19-10-6-7-11-20(19)24/h3-15,21H,2H2,1H3,(H2,25,26,27,28). The number of carbonyl (C=O) groups is 2. The van der Waals surface area contributed by atoms with E-state index in [1.54, 1.807) is 48.5 Å². The summed E-state index contributed by atoms with van der Waals surface area (Å²) in [5.41, 5.74) is 1.88. The summed E-state index contributed by atoms with van der Waals surface area (Å²) in [7, 11) is 0. The number of urea groups is 1. The fourth-order valence-corrected chi connectivity index (χ4v) is 3.04. The minimum absolute atomic E-state index is 0.0495. The van der Waals surface area contributed by atoms with E-state index < -0.39 is 11.9 Å². The van der Waals surface area contributed by atoms with Crippen molar-refractivity contribution in [3.05, 3.63) is 95.0 Å². The Morgan fingerprint density at radius 2 is 1.59 bits per heavy atom. The maximum atomic E-state index is 12.1. The molecule has 148 valence electrons. The van der Waals surface area contributed by atoms with Gasteiger partial charge in [0.05, 0.1) is 10.6 Å². The molecule has 0 bridgehead atoms. The van der Waals surface area contributed by atoms with Gasteiger partial charge in [-0.1, -0.05) is 61.0 Å². The molecule has 0 aliphatic rings. The molecule has 0 fully saturated rings. The van der Waals surface area contributed by atoms with Crippen LogP contribution in [0, 0.1) is 0 Å². The van der Waals surface area contributed by atoms with Crippen molar-refractivity contribution in [2.24, 2.45) is 0 Å². The molecular formula is C23H21ClN2O3. The SMILES string of the molecule is CCC(Oc1ccc(NC(=O)NC(=O)c2ccccc2Cl)cc1)c1ccccc1. The summed E-state index contributed by atoms with van der Waals surface area (Å²) < 4.78 is 6.05. The highest BCUT2D eigenvalue weighted by atomic mass is 35.5. The van der Waals surface area contributed by atoms with Crippen LogP contribution in [0.5, 0.6) is 5.75 Å². The third-order valence-electron chi connectivity index (χ3n) is 4.28. The Morgan fingerprint density at radius 3 is 2.24 bits per heavy atom. The lowest BCUT2D eigenvalue weighted by Gasteiger charge is -2.18. The number of imide groups is 1. The van der Waals surface area contributed by atoms with Crippen LogP contribution < -0.4 is 15.4 Å². The van der Waals surface area contributed by atoms with Gasteiger partial charge in [0.1, 0.15) is 11.9 Å². The molecule has 3 aromatic carbocycles. The van der Waals surface area contributed by atoms with Crippen LogP contribution in [0.1, 0.15) is 35.4 Å². The number of halogens is 1. The zero-order valence-corrected chi connectivity index (χ0v) is 16.6. The van der Waals surface area contributed by atoms with E-state index in [4.69, 9.17) is 16.3 Å². The van der Waals surface area contributed by atoms with Crippen LogP contribution in [-0.2, 0) is 0 Å². The van der Waals surface area contributed by atoms with Gasteiger partial charge in [0.2, 0.25) is 0 Å². The van der Waals surface area contributed by atoms with Crippen molar-refractivity contribution < 1.29 is 14.3 Å². The molecule has 0 heterocycles. The van der Waals surface area contributed by atoms with E-state index in [-0.39, 0.29) is 16.7 Å². The van der Waals surface area contributed by atoms with Crippen LogP contribution in [-0.4, -0.2) is 11.9 Å². The maximum Gasteiger partial charge on any atom is 0.326 e. The molecule has 2 N–H and O–H groups in total. The van der Waals surface area contributed by atoms with Gasteiger partial charge in [-0.3, -0.25) is 10.1 Å². The van der Waals surface area contributed by atoms with E-state index in [1.807, 2.05) is 30.3 Å². The second-order valence-electron chi connectivity index (χ2n) is 6.34. The van der Waals surface area contributed by atoms with Gasteiger partial charge in [0, 0.05) is 5.69 Å². The summed E-state index contributed by atoms with van der Waals surface area (Å²) in [6.07, 6.45) is 0.780. The molecule has 0 aliphatic carbocycles. The Balaban J connectivity index is 1.58. The van der Waals surface area contributed by atoms with E-state index in [2.05, 4.69) is 17.6 Å². The smallest absolute Gasteiger partial charge is 0.326 e. The zero-order chi connectivity index (χ0) is 20.6. The van der Waals surface area contributed by atoms with E-state index in [0.29, 0.717) is 11.4 Å². The molecule has 0 radical (unpaired) electrons. The number of rotatable bonds is 6. The monoisotopic (exact) mass is 408 g/mol. The third kappa shape index (κ3) is 5.59. The van der Waals surface area contributed by atoms with Gasteiger partial charge in [-0.15, -0.1) is 0 Å². The van der Waals surface area contributed by atoms with Crippen LogP contribution in [0.2, 0.25) is 5.02 Å². The van der Waals surface area contributed by atoms with Crippen LogP contribution in [0.4, 0.5) is 10.5 Å². The zero-order valence-electron chi connectivity index (χ0n) is 15.9. The highest BCUT2D eigenvalue weighted by molar-refractivity contribution is 6.34. The van der Waals surface area contributed by atoms with Crippen LogP contribution in [0.15, 0.2) is 78.9 Å². The summed E-state index contributed by atoms with van der Waals surface area (Å²) >= 11 is 5.97. The Bertz CT molecular complexity index is 975. The van der Waals surface area contributed by atoms with Gasteiger partial charge < -0.3 is 10.1 Å². The summed E-state index contributed by atoms with van der Waals surface area (Å²) in [6.45, 7) is 2.06. The van der Waals surface area contributed by atoms with Crippen LogP contribution >= 0.6 is 11.6 Å². The van der Waals surface area contributed by atoms with Crippen molar-refractivity contribution in [2.75, 3.05) is 5.32 Å². The van der Waals surface area contributed by atoms with Gasteiger partial charge >= 0.3 is 6.03 Å². The molecule has 0 aromatic heterocycles. The van der Waals surface area contributed by atoms with E-state index in [0.717, 1.165) is 12.0 Å². The van der Waals surface area contributed by atoms with Gasteiger partial charge in [-0.05, 0) is 48.4 Å². The highest BCUT2D eigenvalue weighted by Crippen LogP contribution is 2.25. The first kappa shape index (κ1) is 20.4. The van der Waals surface area contributed by atoms with Crippen LogP contribution in [0.25, 0.3) is 0 Å². The number of hydrogen-bond donors (Lipinski definition) is 2. The molecule has 3 aromatic rings. The lowest BCUT2D eigenvalue weighted by Crippen LogP contribution is -2.34. The molecule has 1 unspecified atom stereocenters. The first-order chi connectivity index (χ1) is 14.1. The fourth-order valence-electron chi connectivity index (χ4n) is 2.81. The predicted molar refractivity (Wildman–Crippen MR) is 114 cm³/mol. The largest absolute Gasteiger partial charge is 0.486 e. The third-order valence-corrected chi connectivity index (χ3v) is 4.61. The molecular weight excluding hydrogens is 388 g/mol. The number of carbonyl (C=O) groups excluding carboxylic acids is 2. The van der Waals surface area contributed by atoms with Crippen molar-refractivity contribution in [1.29, 1.82) is 0 Å². The minimum atomic E-state index is -0.640. The Morgan fingerprint density at radius 1 is 0.931 bits per heavy atom. The van der Waals surface area contributed by atoms with Gasteiger partial charge in [-0.2, -0.15) is 0 Å². The van der Waals surface area contributed by atoms with Gasteiger partial charge in [-0.25, -0.2) is 4.79 Å². The molecule has 0 spiro atoms. The topological polar surface area (TPSA) is 67.4 Å². The van der Waals surface area contributed by atoms with Gasteiger partial charge in [0.25, 0.3) is 5.91 Å². The Hall–Kier alpha value is -3.31. The second-order valence-corrected chi connectivity index (χ2v) is 6.75. The lowest BCUT2D eigenvalue weighted by atomic mass is 10.1. The molecule has 6 heteroatoms. The molecule has 5 nitrogen and oxygen atoms in total. The molecule has 3 rings (SSSR count). The number of hydrogen-bond acceptors (Lipinski definition) is 3. The van der Waals surface area contributed by atoms with Crippen molar-refractivity contribution in [3.63, 3.8) is 0 Å². The lowest BCUT2D eigenvalue weighted by molar-refractivity contribution is 0.0967. The highest BCUT2D eigenvalue weighted by Gasteiger charge is 2.14. The fraction of sp³-hybridized carbons (Fsp3) is 0.130. The number of anilines is 1. The second kappa shape index (κ2) is 9.75. The average Bonchev–Trinajstić information content (AvgIpc) is 2.74. The summed E-state index contributed by atoms with van der Waals surface area (Å²) in [5.74, 6) is 0.125. The van der Waals surface area contributed by atoms with E-state index in [1.165, 1.54) is 0 Å². The number of benzene rings is 3. The number of nitrogens with one attached hydrogen (secondary N) is 2.